The van der Waals surface area contributed by atoms with E-state index in [0.717, 1.165) is 6.07 Å². The van der Waals surface area contributed by atoms with E-state index in [0.29, 0.717) is 22.9 Å². The number of aromatic nitrogens is 1. The summed E-state index contributed by atoms with van der Waals surface area (Å²) >= 11 is 5.81. The van der Waals surface area contributed by atoms with Gasteiger partial charge in [0.05, 0.1) is 23.2 Å². The number of rotatable bonds is 5. The topological polar surface area (TPSA) is 72.5 Å². The normalized spacial score (nSPS) is 25.5. The summed E-state index contributed by atoms with van der Waals surface area (Å²) in [5.41, 5.74) is 4.38. The van der Waals surface area contributed by atoms with Gasteiger partial charge in [-0.15, -0.1) is 0 Å². The molecule has 3 unspecified atom stereocenters. The summed E-state index contributed by atoms with van der Waals surface area (Å²) in [6.45, 7) is 0.310. The van der Waals surface area contributed by atoms with Gasteiger partial charge in [-0.25, -0.2) is 18.2 Å². The molecule has 0 radical (unpaired) electrons. The van der Waals surface area contributed by atoms with Crippen LogP contribution in [0.4, 0.5) is 18.9 Å². The third kappa shape index (κ3) is 3.07. The highest BCUT2D eigenvalue weighted by molar-refractivity contribution is 6.30. The van der Waals surface area contributed by atoms with E-state index in [1.165, 1.54) is 18.3 Å². The molecule has 146 valence electrons. The zero-order valence-electron chi connectivity index (χ0n) is 14.4. The molecule has 4 rings (SSSR count). The van der Waals surface area contributed by atoms with Gasteiger partial charge >= 0.3 is 0 Å². The first-order valence-electron chi connectivity index (χ1n) is 8.53. The van der Waals surface area contributed by atoms with Crippen LogP contribution in [0.3, 0.4) is 0 Å². The monoisotopic (exact) mass is 408 g/mol. The molecule has 1 aromatic carbocycles. The number of amidine groups is 1. The minimum absolute atomic E-state index is 0.234. The number of fused-ring (bicyclic) bond motifs is 1. The van der Waals surface area contributed by atoms with Crippen molar-refractivity contribution in [1.82, 2.24) is 4.98 Å². The predicted octanol–water partition coefficient (Wildman–Crippen LogP) is 3.85. The number of alkyl halides is 2. The average Bonchev–Trinajstić information content (AvgIpc) is 2.64. The summed E-state index contributed by atoms with van der Waals surface area (Å²) in [5, 5.41) is 3.56. The van der Waals surface area contributed by atoms with Gasteiger partial charge in [-0.2, -0.15) is 0 Å². The molecule has 5 nitrogen and oxygen atoms in total. The van der Waals surface area contributed by atoms with Crippen molar-refractivity contribution in [3.8, 4) is 0 Å². The number of benzene rings is 1. The summed E-state index contributed by atoms with van der Waals surface area (Å²) < 4.78 is 48.4. The van der Waals surface area contributed by atoms with Gasteiger partial charge in [0.1, 0.15) is 11.9 Å². The first kappa shape index (κ1) is 18.6. The minimum Gasteiger partial charge on any atom is -0.457 e. The molecule has 0 bridgehead atoms. The van der Waals surface area contributed by atoms with Gasteiger partial charge < -0.3 is 15.8 Å². The molecule has 1 aliphatic carbocycles. The molecule has 0 spiro atoms. The Bertz CT molecular complexity index is 951. The van der Waals surface area contributed by atoms with Gasteiger partial charge in [0.2, 0.25) is 0 Å². The van der Waals surface area contributed by atoms with Crippen molar-refractivity contribution in [3.05, 3.63) is 70.8 Å². The van der Waals surface area contributed by atoms with Crippen LogP contribution in [-0.4, -0.2) is 23.5 Å². The molecule has 0 amide bonds. The molecule has 1 aromatic heterocycles. The number of nitrogens with two attached hydrogens (primary N) is 1. The molecule has 0 saturated carbocycles. The standard InChI is InChI=1S/C19H16ClF3N4O/c20-10-1-2-12(25-8-10)9-26-11-3-5-15(21)14(7-11)19(17(22)23)13-4-6-16(13)28-18(24)27-19/h1-8,13,16-17,26H,9H2,(H2,24,27). The first-order valence-corrected chi connectivity index (χ1v) is 8.91. The summed E-state index contributed by atoms with van der Waals surface area (Å²) in [6.07, 6.45) is 1.03. The number of pyridine rings is 1. The molecule has 1 aliphatic heterocycles. The Kier molecular flexibility index (Phi) is 4.66. The van der Waals surface area contributed by atoms with Gasteiger partial charge in [-0.05, 0) is 36.4 Å². The lowest BCUT2D eigenvalue weighted by Gasteiger charge is -2.46. The van der Waals surface area contributed by atoms with Crippen LogP contribution in [0.15, 0.2) is 53.7 Å². The smallest absolute Gasteiger partial charge is 0.283 e. The Balaban J connectivity index is 1.68. The highest BCUT2D eigenvalue weighted by Gasteiger charge is 2.57. The van der Waals surface area contributed by atoms with Crippen molar-refractivity contribution in [2.24, 2.45) is 16.6 Å². The molecular weight excluding hydrogens is 393 g/mol. The van der Waals surface area contributed by atoms with Crippen LogP contribution in [0, 0.1) is 11.7 Å². The van der Waals surface area contributed by atoms with Gasteiger partial charge in [0, 0.05) is 17.4 Å². The predicted molar refractivity (Wildman–Crippen MR) is 99.8 cm³/mol. The molecule has 2 aromatic rings. The Morgan fingerprint density at radius 3 is 2.71 bits per heavy atom. The van der Waals surface area contributed by atoms with Gasteiger partial charge in [0.25, 0.3) is 12.4 Å². The highest BCUT2D eigenvalue weighted by Crippen LogP contribution is 2.50. The van der Waals surface area contributed by atoms with Crippen LogP contribution in [0.25, 0.3) is 0 Å². The molecule has 0 fully saturated rings. The summed E-state index contributed by atoms with van der Waals surface area (Å²) in [7, 11) is 0. The number of aliphatic imine (C=N–C) groups is 1. The van der Waals surface area contributed by atoms with Crippen molar-refractivity contribution in [2.45, 2.75) is 24.6 Å². The lowest BCUT2D eigenvalue weighted by molar-refractivity contribution is -0.0281. The highest BCUT2D eigenvalue weighted by atomic mass is 35.5. The van der Waals surface area contributed by atoms with Crippen LogP contribution >= 0.6 is 11.6 Å². The third-order valence-electron chi connectivity index (χ3n) is 4.92. The molecule has 2 aliphatic rings. The van der Waals surface area contributed by atoms with Crippen LogP contribution in [-0.2, 0) is 16.8 Å². The van der Waals surface area contributed by atoms with Gasteiger partial charge in [-0.3, -0.25) is 4.98 Å². The quantitative estimate of drug-likeness (QED) is 0.737. The molecule has 3 N–H and O–H groups in total. The summed E-state index contributed by atoms with van der Waals surface area (Å²) in [5.74, 6) is -1.59. The van der Waals surface area contributed by atoms with E-state index in [9.17, 15) is 13.2 Å². The summed E-state index contributed by atoms with van der Waals surface area (Å²) in [4.78, 5) is 8.03. The maximum absolute atomic E-state index is 14.7. The maximum atomic E-state index is 14.7. The summed E-state index contributed by atoms with van der Waals surface area (Å²) in [6, 6.07) is 6.98. The minimum atomic E-state index is -2.98. The number of nitrogens with zero attached hydrogens (tertiary/aromatic N) is 2. The number of halogens is 4. The van der Waals surface area contributed by atoms with E-state index in [1.807, 2.05) is 0 Å². The molecule has 2 heterocycles. The number of ether oxygens (including phenoxy) is 1. The van der Waals surface area contributed by atoms with Crippen LogP contribution < -0.4 is 11.1 Å². The van der Waals surface area contributed by atoms with E-state index in [1.54, 1.807) is 24.3 Å². The first-order chi connectivity index (χ1) is 13.4. The van der Waals surface area contributed by atoms with Crippen LogP contribution in [0.1, 0.15) is 11.3 Å². The van der Waals surface area contributed by atoms with E-state index in [4.69, 9.17) is 22.1 Å². The second-order valence-electron chi connectivity index (χ2n) is 6.59. The second-order valence-corrected chi connectivity index (χ2v) is 7.02. The molecule has 3 atom stereocenters. The van der Waals surface area contributed by atoms with E-state index >= 15 is 0 Å². The zero-order valence-corrected chi connectivity index (χ0v) is 15.2. The van der Waals surface area contributed by atoms with Crippen molar-refractivity contribution in [3.63, 3.8) is 0 Å². The number of hydrogen-bond acceptors (Lipinski definition) is 5. The average molecular weight is 409 g/mol. The number of hydrogen-bond donors (Lipinski definition) is 2. The largest absolute Gasteiger partial charge is 0.457 e. The molecular formula is C19H16ClF3N4O. The van der Waals surface area contributed by atoms with E-state index in [2.05, 4.69) is 15.3 Å². The van der Waals surface area contributed by atoms with E-state index < -0.39 is 29.8 Å². The fraction of sp³-hybridized carbons (Fsp3) is 0.263. The van der Waals surface area contributed by atoms with Gasteiger partial charge in [0.15, 0.2) is 5.54 Å². The van der Waals surface area contributed by atoms with Crippen molar-refractivity contribution in [1.29, 1.82) is 0 Å². The van der Waals surface area contributed by atoms with Gasteiger partial charge in [-0.1, -0.05) is 17.7 Å². The Morgan fingerprint density at radius 2 is 2.07 bits per heavy atom. The molecule has 9 heteroatoms. The van der Waals surface area contributed by atoms with E-state index in [-0.39, 0.29) is 11.6 Å². The van der Waals surface area contributed by atoms with Crippen molar-refractivity contribution in [2.75, 3.05) is 5.32 Å². The van der Waals surface area contributed by atoms with Crippen LogP contribution in [0.2, 0.25) is 5.02 Å². The maximum Gasteiger partial charge on any atom is 0.283 e. The Labute approximate surface area is 164 Å². The zero-order chi connectivity index (χ0) is 19.9. The fourth-order valence-corrected chi connectivity index (χ4v) is 3.55. The van der Waals surface area contributed by atoms with Crippen LogP contribution in [0.5, 0.6) is 0 Å². The fourth-order valence-electron chi connectivity index (χ4n) is 3.44. The third-order valence-corrected chi connectivity index (χ3v) is 5.14. The Morgan fingerprint density at radius 1 is 1.25 bits per heavy atom. The lowest BCUT2D eigenvalue weighted by atomic mass is 9.70. The SMILES string of the molecule is NC1=NC(c2cc(NCc3ccc(Cl)cn3)ccc2F)(C(F)F)C2C=CC2O1. The number of anilines is 1. The number of nitrogens with one attached hydrogen (secondary N) is 1. The Hall–Kier alpha value is -2.74. The molecule has 28 heavy (non-hydrogen) atoms. The lowest BCUT2D eigenvalue weighted by Crippen LogP contribution is -2.54. The molecule has 0 saturated heterocycles. The van der Waals surface area contributed by atoms with Crippen molar-refractivity contribution < 1.29 is 17.9 Å². The van der Waals surface area contributed by atoms with Crippen molar-refractivity contribution >= 4 is 23.3 Å². The second kappa shape index (κ2) is 7.01.